The average molecular weight is 384 g/mol. The van der Waals surface area contributed by atoms with E-state index in [1.165, 1.54) is 11.1 Å². The van der Waals surface area contributed by atoms with Crippen LogP contribution in [0.15, 0.2) is 48.5 Å². The molecule has 0 saturated carbocycles. The molecule has 1 atom stereocenters. The van der Waals surface area contributed by atoms with Crippen molar-refractivity contribution >= 4 is 17.7 Å². The molecule has 0 aromatic heterocycles. The maximum Gasteiger partial charge on any atom is 0.230 e. The maximum atomic E-state index is 12.6. The van der Waals surface area contributed by atoms with Crippen molar-refractivity contribution in [3.05, 3.63) is 65.2 Å². The first-order valence-corrected chi connectivity index (χ1v) is 10.9. The van der Waals surface area contributed by atoms with Crippen LogP contribution in [0.25, 0.3) is 0 Å². The molecule has 0 saturated heterocycles. The maximum absolute atomic E-state index is 12.6. The number of carbonyl (C=O) groups is 1. The number of aryl methyl sites for hydroxylation is 1. The highest BCUT2D eigenvalue weighted by Gasteiger charge is 2.38. The van der Waals surface area contributed by atoms with Crippen molar-refractivity contribution in [1.82, 2.24) is 5.32 Å². The number of hydrogen-bond acceptors (Lipinski definition) is 3. The summed E-state index contributed by atoms with van der Waals surface area (Å²) in [5, 5.41) is 3.26. The van der Waals surface area contributed by atoms with Gasteiger partial charge in [0.25, 0.3) is 0 Å². The van der Waals surface area contributed by atoms with E-state index in [9.17, 15) is 4.79 Å². The summed E-state index contributed by atoms with van der Waals surface area (Å²) in [5.41, 5.74) is 3.47. The molecule has 3 nitrogen and oxygen atoms in total. The Balaban J connectivity index is 1.63. The standard InChI is InChI=1S/C23H29NO2S/c1-4-23(5-2)14-20(19-12-8-9-13-21(19)26-23)24-22(25)16-27-15-18-11-7-6-10-17(18)3/h6-13,20H,4-5,14-16H2,1-3H3,(H,24,25)/t20-/m0/s1. The topological polar surface area (TPSA) is 38.3 Å². The first-order chi connectivity index (χ1) is 13.1. The molecule has 0 radical (unpaired) electrons. The molecular formula is C23H29NO2S. The molecule has 1 N–H and O–H groups in total. The van der Waals surface area contributed by atoms with Gasteiger partial charge in [0.1, 0.15) is 11.4 Å². The summed E-state index contributed by atoms with van der Waals surface area (Å²) in [6, 6.07) is 16.5. The van der Waals surface area contributed by atoms with E-state index in [-0.39, 0.29) is 17.6 Å². The van der Waals surface area contributed by atoms with Crippen molar-refractivity contribution in [1.29, 1.82) is 0 Å². The molecule has 1 aliphatic rings. The quantitative estimate of drug-likeness (QED) is 0.693. The van der Waals surface area contributed by atoms with Gasteiger partial charge in [0, 0.05) is 17.7 Å². The van der Waals surface area contributed by atoms with Gasteiger partial charge in [-0.1, -0.05) is 56.3 Å². The van der Waals surface area contributed by atoms with Crippen LogP contribution in [0.5, 0.6) is 5.75 Å². The number of hydrogen-bond donors (Lipinski definition) is 1. The average Bonchev–Trinajstić information content (AvgIpc) is 2.69. The van der Waals surface area contributed by atoms with E-state index in [1.807, 2.05) is 24.3 Å². The molecule has 0 bridgehead atoms. The molecule has 144 valence electrons. The van der Waals surface area contributed by atoms with Crippen LogP contribution in [0.4, 0.5) is 0 Å². The molecule has 1 aliphatic heterocycles. The van der Waals surface area contributed by atoms with E-state index in [0.29, 0.717) is 5.75 Å². The lowest BCUT2D eigenvalue weighted by molar-refractivity contribution is -0.120. The first kappa shape index (κ1) is 19.8. The van der Waals surface area contributed by atoms with Crippen LogP contribution in [0.3, 0.4) is 0 Å². The van der Waals surface area contributed by atoms with E-state index >= 15 is 0 Å². The third-order valence-corrected chi connectivity index (χ3v) is 6.55. The molecule has 2 aromatic rings. The number of nitrogens with one attached hydrogen (secondary N) is 1. The molecule has 2 aromatic carbocycles. The van der Waals surface area contributed by atoms with Crippen LogP contribution in [0, 0.1) is 6.92 Å². The summed E-state index contributed by atoms with van der Waals surface area (Å²) in [4.78, 5) is 12.6. The number of para-hydroxylation sites is 1. The van der Waals surface area contributed by atoms with Crippen molar-refractivity contribution in [3.63, 3.8) is 0 Å². The van der Waals surface area contributed by atoms with Crippen LogP contribution in [0.2, 0.25) is 0 Å². The highest BCUT2D eigenvalue weighted by Crippen LogP contribution is 2.42. The number of fused-ring (bicyclic) bond motifs is 1. The molecule has 0 unspecified atom stereocenters. The SMILES string of the molecule is CCC1(CC)C[C@H](NC(=O)CSCc2ccccc2C)c2ccccc2O1. The zero-order valence-electron chi connectivity index (χ0n) is 16.5. The number of benzene rings is 2. The van der Waals surface area contributed by atoms with Gasteiger partial charge >= 0.3 is 0 Å². The monoisotopic (exact) mass is 383 g/mol. The highest BCUT2D eigenvalue weighted by atomic mass is 32.2. The van der Waals surface area contributed by atoms with Crippen LogP contribution in [-0.2, 0) is 10.5 Å². The Kier molecular flexibility index (Phi) is 6.48. The van der Waals surface area contributed by atoms with Crippen LogP contribution >= 0.6 is 11.8 Å². The van der Waals surface area contributed by atoms with Crippen molar-refractivity contribution in [3.8, 4) is 5.75 Å². The molecular weight excluding hydrogens is 354 g/mol. The number of rotatable bonds is 7. The zero-order chi connectivity index (χ0) is 19.3. The Morgan fingerprint density at radius 1 is 1.15 bits per heavy atom. The number of thioether (sulfide) groups is 1. The van der Waals surface area contributed by atoms with Crippen molar-refractivity contribution in [2.45, 2.75) is 57.4 Å². The lowest BCUT2D eigenvalue weighted by Gasteiger charge is -2.41. The Labute approximate surface area is 166 Å². The molecule has 27 heavy (non-hydrogen) atoms. The predicted octanol–water partition coefficient (Wildman–Crippen LogP) is 5.43. The summed E-state index contributed by atoms with van der Waals surface area (Å²) in [6.45, 7) is 6.44. The largest absolute Gasteiger partial charge is 0.487 e. The van der Waals surface area contributed by atoms with Gasteiger partial charge < -0.3 is 10.1 Å². The number of amides is 1. The van der Waals surface area contributed by atoms with Crippen LogP contribution in [-0.4, -0.2) is 17.3 Å². The van der Waals surface area contributed by atoms with E-state index in [0.717, 1.165) is 36.3 Å². The number of ether oxygens (including phenoxy) is 1. The summed E-state index contributed by atoms with van der Waals surface area (Å²) >= 11 is 1.67. The summed E-state index contributed by atoms with van der Waals surface area (Å²) in [7, 11) is 0. The molecule has 3 rings (SSSR count). The Morgan fingerprint density at radius 2 is 1.85 bits per heavy atom. The van der Waals surface area contributed by atoms with E-state index in [4.69, 9.17) is 4.74 Å². The minimum absolute atomic E-state index is 0.0152. The van der Waals surface area contributed by atoms with Crippen LogP contribution in [0.1, 0.15) is 55.8 Å². The molecule has 0 aliphatic carbocycles. The van der Waals surface area contributed by atoms with Gasteiger partial charge in [-0.25, -0.2) is 0 Å². The Hall–Kier alpha value is -1.94. The summed E-state index contributed by atoms with van der Waals surface area (Å²) in [5.74, 6) is 2.33. The lowest BCUT2D eigenvalue weighted by Crippen LogP contribution is -2.44. The first-order valence-electron chi connectivity index (χ1n) is 9.76. The third-order valence-electron chi connectivity index (χ3n) is 5.57. The Morgan fingerprint density at radius 3 is 2.59 bits per heavy atom. The van der Waals surface area contributed by atoms with Crippen LogP contribution < -0.4 is 10.1 Å². The predicted molar refractivity (Wildman–Crippen MR) is 113 cm³/mol. The summed E-state index contributed by atoms with van der Waals surface area (Å²) in [6.07, 6.45) is 2.70. The molecule has 1 heterocycles. The van der Waals surface area contributed by atoms with Gasteiger partial charge in [-0.2, -0.15) is 0 Å². The van der Waals surface area contributed by atoms with Gasteiger partial charge in [-0.05, 0) is 37.0 Å². The van der Waals surface area contributed by atoms with E-state index in [2.05, 4.69) is 50.4 Å². The second kappa shape index (κ2) is 8.83. The fourth-order valence-electron chi connectivity index (χ4n) is 3.69. The van der Waals surface area contributed by atoms with Gasteiger partial charge in [0.2, 0.25) is 5.91 Å². The minimum Gasteiger partial charge on any atom is -0.487 e. The number of carbonyl (C=O) groups excluding carboxylic acids is 1. The fraction of sp³-hybridized carbons (Fsp3) is 0.435. The minimum atomic E-state index is -0.194. The Bertz CT molecular complexity index is 785. The second-order valence-corrected chi connectivity index (χ2v) is 8.26. The van der Waals surface area contributed by atoms with E-state index in [1.54, 1.807) is 11.8 Å². The molecule has 4 heteroatoms. The molecule has 0 spiro atoms. The van der Waals surface area contributed by atoms with Gasteiger partial charge in [0.15, 0.2) is 0 Å². The van der Waals surface area contributed by atoms with Crippen molar-refractivity contribution in [2.24, 2.45) is 0 Å². The molecule has 1 amide bonds. The lowest BCUT2D eigenvalue weighted by atomic mass is 9.83. The van der Waals surface area contributed by atoms with Gasteiger partial charge in [0.05, 0.1) is 11.8 Å². The van der Waals surface area contributed by atoms with E-state index < -0.39 is 0 Å². The van der Waals surface area contributed by atoms with Crippen molar-refractivity contribution in [2.75, 3.05) is 5.75 Å². The third kappa shape index (κ3) is 4.67. The summed E-state index contributed by atoms with van der Waals surface area (Å²) < 4.78 is 6.33. The zero-order valence-corrected chi connectivity index (χ0v) is 17.3. The van der Waals surface area contributed by atoms with Gasteiger partial charge in [-0.3, -0.25) is 4.79 Å². The normalized spacial score (nSPS) is 17.7. The second-order valence-electron chi connectivity index (χ2n) is 7.27. The highest BCUT2D eigenvalue weighted by molar-refractivity contribution is 7.99. The molecule has 0 fully saturated rings. The van der Waals surface area contributed by atoms with Crippen molar-refractivity contribution < 1.29 is 9.53 Å². The fourth-order valence-corrected chi connectivity index (χ4v) is 4.61. The smallest absolute Gasteiger partial charge is 0.230 e. The van der Waals surface area contributed by atoms with Gasteiger partial charge in [-0.15, -0.1) is 11.8 Å².